The Bertz CT molecular complexity index is 792. The molecule has 2 aromatic rings. The van der Waals surface area contributed by atoms with Gasteiger partial charge in [0.05, 0.1) is 9.91 Å². The van der Waals surface area contributed by atoms with Gasteiger partial charge in [0.25, 0.3) is 0 Å². The van der Waals surface area contributed by atoms with E-state index >= 15 is 0 Å². The Balaban J connectivity index is 1.78. The highest BCUT2D eigenvalue weighted by Gasteiger charge is 2.21. The SMILES string of the molecule is Cc1ncc(CNS(=O)(=O)C2=Cc3ccccc3CC2)s1. The molecule has 0 amide bonds. The van der Waals surface area contributed by atoms with E-state index in [2.05, 4.69) is 9.71 Å². The summed E-state index contributed by atoms with van der Waals surface area (Å²) in [4.78, 5) is 5.51. The van der Waals surface area contributed by atoms with Crippen molar-refractivity contribution < 1.29 is 8.42 Å². The number of nitrogens with one attached hydrogen (secondary N) is 1. The molecule has 0 bridgehead atoms. The molecule has 6 heteroatoms. The molecule has 4 nitrogen and oxygen atoms in total. The maximum atomic E-state index is 12.4. The Kier molecular flexibility index (Phi) is 3.93. The molecule has 0 saturated heterocycles. The van der Waals surface area contributed by atoms with E-state index < -0.39 is 10.0 Å². The van der Waals surface area contributed by atoms with Crippen LogP contribution in [0.3, 0.4) is 0 Å². The van der Waals surface area contributed by atoms with E-state index in [-0.39, 0.29) is 0 Å². The van der Waals surface area contributed by atoms with Crippen molar-refractivity contribution in [3.05, 3.63) is 56.4 Å². The zero-order valence-electron chi connectivity index (χ0n) is 11.7. The van der Waals surface area contributed by atoms with E-state index in [1.807, 2.05) is 31.2 Å². The number of fused-ring (bicyclic) bond motifs is 1. The van der Waals surface area contributed by atoms with Crippen molar-refractivity contribution in [1.29, 1.82) is 0 Å². The number of rotatable bonds is 4. The van der Waals surface area contributed by atoms with Gasteiger partial charge in [-0.15, -0.1) is 11.3 Å². The lowest BCUT2D eigenvalue weighted by atomic mass is 9.98. The highest BCUT2D eigenvalue weighted by atomic mass is 32.2. The molecule has 1 heterocycles. The van der Waals surface area contributed by atoms with Crippen LogP contribution in [0.4, 0.5) is 0 Å². The fourth-order valence-corrected chi connectivity index (χ4v) is 4.37. The molecule has 1 aromatic heterocycles. The summed E-state index contributed by atoms with van der Waals surface area (Å²) in [6, 6.07) is 7.91. The molecular weight excluding hydrogens is 304 g/mol. The van der Waals surface area contributed by atoms with Crippen LogP contribution in [0.15, 0.2) is 35.4 Å². The van der Waals surface area contributed by atoms with Crippen molar-refractivity contribution in [3.8, 4) is 0 Å². The van der Waals surface area contributed by atoms with Crippen LogP contribution in [-0.4, -0.2) is 13.4 Å². The van der Waals surface area contributed by atoms with Crippen LogP contribution >= 0.6 is 11.3 Å². The van der Waals surface area contributed by atoms with Crippen molar-refractivity contribution in [2.75, 3.05) is 0 Å². The minimum absolute atomic E-state index is 0.298. The molecule has 1 aromatic carbocycles. The number of benzene rings is 1. The van der Waals surface area contributed by atoms with E-state index in [1.165, 1.54) is 16.9 Å². The number of nitrogens with zero attached hydrogens (tertiary/aromatic N) is 1. The Morgan fingerprint density at radius 1 is 1.29 bits per heavy atom. The van der Waals surface area contributed by atoms with E-state index in [9.17, 15) is 8.42 Å². The lowest BCUT2D eigenvalue weighted by Crippen LogP contribution is -2.25. The summed E-state index contributed by atoms with van der Waals surface area (Å²) in [5.41, 5.74) is 2.20. The van der Waals surface area contributed by atoms with Crippen LogP contribution in [0.1, 0.15) is 27.4 Å². The second kappa shape index (κ2) is 5.71. The summed E-state index contributed by atoms with van der Waals surface area (Å²) in [6.45, 7) is 2.20. The van der Waals surface area contributed by atoms with Crippen LogP contribution in [0.5, 0.6) is 0 Å². The van der Waals surface area contributed by atoms with E-state index in [0.717, 1.165) is 21.9 Å². The predicted molar refractivity (Wildman–Crippen MR) is 85.4 cm³/mol. The summed E-state index contributed by atoms with van der Waals surface area (Å²) in [7, 11) is -3.42. The van der Waals surface area contributed by atoms with E-state index in [0.29, 0.717) is 17.9 Å². The van der Waals surface area contributed by atoms with E-state index in [1.54, 1.807) is 12.3 Å². The van der Waals surface area contributed by atoms with Crippen LogP contribution < -0.4 is 4.72 Å². The van der Waals surface area contributed by atoms with Gasteiger partial charge in [-0.1, -0.05) is 24.3 Å². The third kappa shape index (κ3) is 3.23. The van der Waals surface area contributed by atoms with Crippen molar-refractivity contribution in [2.24, 2.45) is 0 Å². The molecule has 0 aliphatic heterocycles. The molecule has 3 rings (SSSR count). The average molecular weight is 320 g/mol. The number of allylic oxidation sites excluding steroid dienone is 1. The third-order valence-electron chi connectivity index (χ3n) is 3.46. The summed E-state index contributed by atoms with van der Waals surface area (Å²) in [6.07, 6.45) is 4.81. The van der Waals surface area contributed by atoms with Crippen molar-refractivity contribution in [1.82, 2.24) is 9.71 Å². The zero-order chi connectivity index (χ0) is 14.9. The molecule has 1 aliphatic carbocycles. The number of hydrogen-bond acceptors (Lipinski definition) is 4. The number of aromatic nitrogens is 1. The highest BCUT2D eigenvalue weighted by Crippen LogP contribution is 2.26. The third-order valence-corrected chi connectivity index (χ3v) is 5.91. The minimum Gasteiger partial charge on any atom is -0.250 e. The average Bonchev–Trinajstić information content (AvgIpc) is 2.90. The largest absolute Gasteiger partial charge is 0.250 e. The topological polar surface area (TPSA) is 59.1 Å². The normalized spacial score (nSPS) is 14.6. The fourth-order valence-electron chi connectivity index (χ4n) is 2.36. The first-order valence-corrected chi connectivity index (χ1v) is 9.04. The van der Waals surface area contributed by atoms with Crippen molar-refractivity contribution in [2.45, 2.75) is 26.3 Å². The molecule has 0 spiro atoms. The number of thiazole rings is 1. The number of aryl methyl sites for hydroxylation is 2. The Morgan fingerprint density at radius 3 is 2.86 bits per heavy atom. The summed E-state index contributed by atoms with van der Waals surface area (Å²) in [5, 5.41) is 0.940. The predicted octanol–water partition coefficient (Wildman–Crippen LogP) is 2.86. The van der Waals surface area contributed by atoms with Crippen LogP contribution in [0.25, 0.3) is 6.08 Å². The molecule has 1 aliphatic rings. The molecule has 21 heavy (non-hydrogen) atoms. The van der Waals surface area contributed by atoms with Crippen molar-refractivity contribution in [3.63, 3.8) is 0 Å². The standard InChI is InChI=1S/C15H16N2O2S2/c1-11-16-9-14(20-11)10-17-21(18,19)15-7-6-12-4-2-3-5-13(12)8-15/h2-5,8-9,17H,6-7,10H2,1H3. The first-order chi connectivity index (χ1) is 10.0. The summed E-state index contributed by atoms with van der Waals surface area (Å²) in [5.74, 6) is 0. The van der Waals surface area contributed by atoms with Crippen molar-refractivity contribution >= 4 is 27.4 Å². The Hall–Kier alpha value is -1.50. The number of hydrogen-bond donors (Lipinski definition) is 1. The molecule has 1 N–H and O–H groups in total. The molecular formula is C15H16N2O2S2. The molecule has 110 valence electrons. The van der Waals surface area contributed by atoms with Gasteiger partial charge in [0.1, 0.15) is 0 Å². The molecule has 0 radical (unpaired) electrons. The van der Waals surface area contributed by atoms with Gasteiger partial charge < -0.3 is 0 Å². The lowest BCUT2D eigenvalue weighted by molar-refractivity contribution is 0.586. The van der Waals surface area contributed by atoms with Crippen LogP contribution in [0.2, 0.25) is 0 Å². The minimum atomic E-state index is -3.42. The van der Waals surface area contributed by atoms with E-state index in [4.69, 9.17) is 0 Å². The number of sulfonamides is 1. The second-order valence-electron chi connectivity index (χ2n) is 4.98. The fraction of sp³-hybridized carbons (Fsp3) is 0.267. The van der Waals surface area contributed by atoms with Gasteiger partial charge in [-0.25, -0.2) is 18.1 Å². The maximum absolute atomic E-state index is 12.4. The smallest absolute Gasteiger partial charge is 0.237 e. The van der Waals surface area contributed by atoms with Crippen LogP contribution in [-0.2, 0) is 23.0 Å². The quantitative estimate of drug-likeness (QED) is 0.942. The molecule has 0 fully saturated rings. The van der Waals surface area contributed by atoms with Gasteiger partial charge in [0.2, 0.25) is 10.0 Å². The molecule has 0 unspecified atom stereocenters. The summed E-state index contributed by atoms with van der Waals surface area (Å²) < 4.78 is 27.4. The Morgan fingerprint density at radius 2 is 2.10 bits per heavy atom. The first-order valence-electron chi connectivity index (χ1n) is 6.74. The van der Waals surface area contributed by atoms with Gasteiger partial charge >= 0.3 is 0 Å². The monoisotopic (exact) mass is 320 g/mol. The van der Waals surface area contributed by atoms with Crippen LogP contribution in [0, 0.1) is 6.92 Å². The summed E-state index contributed by atoms with van der Waals surface area (Å²) >= 11 is 1.51. The molecule has 0 atom stereocenters. The Labute approximate surface area is 128 Å². The van der Waals surface area contributed by atoms with Gasteiger partial charge in [-0.3, -0.25) is 0 Å². The van der Waals surface area contributed by atoms with Gasteiger partial charge in [-0.2, -0.15) is 0 Å². The molecule has 0 saturated carbocycles. The maximum Gasteiger partial charge on any atom is 0.237 e. The highest BCUT2D eigenvalue weighted by molar-refractivity contribution is 7.93. The second-order valence-corrected chi connectivity index (χ2v) is 8.12. The lowest BCUT2D eigenvalue weighted by Gasteiger charge is -2.16. The van der Waals surface area contributed by atoms with Gasteiger partial charge in [0.15, 0.2) is 0 Å². The van der Waals surface area contributed by atoms with Gasteiger partial charge in [-0.05, 0) is 37.0 Å². The van der Waals surface area contributed by atoms with Gasteiger partial charge in [0, 0.05) is 17.6 Å². The zero-order valence-corrected chi connectivity index (χ0v) is 13.3. The first kappa shape index (κ1) is 14.4.